The van der Waals surface area contributed by atoms with E-state index < -0.39 is 0 Å². The van der Waals surface area contributed by atoms with Gasteiger partial charge in [-0.25, -0.2) is 0 Å². The van der Waals surface area contributed by atoms with Gasteiger partial charge in [-0.05, 0) is 36.8 Å². The maximum Gasteiger partial charge on any atom is 0.0546 e. The molecule has 2 heteroatoms. The number of benzene rings is 1. The van der Waals surface area contributed by atoms with Crippen molar-refractivity contribution in [2.45, 2.75) is 25.4 Å². The van der Waals surface area contributed by atoms with E-state index in [2.05, 4.69) is 34.1 Å². The van der Waals surface area contributed by atoms with Gasteiger partial charge in [0.1, 0.15) is 0 Å². The third kappa shape index (κ3) is 1.79. The molecular weight excluding hydrogens is 228 g/mol. The summed E-state index contributed by atoms with van der Waals surface area (Å²) in [7, 11) is 0. The summed E-state index contributed by atoms with van der Waals surface area (Å²) in [5.74, 6) is 1.04. The first kappa shape index (κ1) is 9.22. The van der Waals surface area contributed by atoms with Crippen molar-refractivity contribution in [2.24, 2.45) is 5.92 Å². The molecule has 0 amide bonds. The maximum absolute atomic E-state index is 9.40. The lowest BCUT2D eigenvalue weighted by Gasteiger charge is -2.04. The van der Waals surface area contributed by atoms with Crippen LogP contribution in [-0.2, 0) is 0 Å². The second-order valence-corrected chi connectivity index (χ2v) is 4.62. The molecule has 0 saturated heterocycles. The van der Waals surface area contributed by atoms with E-state index in [0.29, 0.717) is 11.8 Å². The molecule has 0 spiro atoms. The van der Waals surface area contributed by atoms with Gasteiger partial charge in [0.05, 0.1) is 6.10 Å². The lowest BCUT2D eigenvalue weighted by molar-refractivity contribution is 0.169. The number of hydrogen-bond acceptors (Lipinski definition) is 1. The summed E-state index contributed by atoms with van der Waals surface area (Å²) in [4.78, 5) is 0. The number of aliphatic hydroxyl groups is 1. The fraction of sp³-hybridized carbons (Fsp3) is 0.455. The van der Waals surface area contributed by atoms with Crippen molar-refractivity contribution < 1.29 is 5.11 Å². The zero-order chi connectivity index (χ0) is 9.42. The molecule has 3 atom stereocenters. The monoisotopic (exact) mass is 240 g/mol. The Balaban J connectivity index is 2.16. The smallest absolute Gasteiger partial charge is 0.0546 e. The van der Waals surface area contributed by atoms with E-state index >= 15 is 0 Å². The predicted molar refractivity (Wildman–Crippen MR) is 56.7 cm³/mol. The average Bonchev–Trinajstić information content (AvgIpc) is 2.84. The van der Waals surface area contributed by atoms with Crippen LogP contribution in [0.2, 0.25) is 0 Å². The summed E-state index contributed by atoms with van der Waals surface area (Å²) in [5.41, 5.74) is 1.34. The summed E-state index contributed by atoms with van der Waals surface area (Å²) in [5, 5.41) is 9.40. The quantitative estimate of drug-likeness (QED) is 0.843. The van der Waals surface area contributed by atoms with Crippen LogP contribution in [0.25, 0.3) is 0 Å². The van der Waals surface area contributed by atoms with Gasteiger partial charge in [-0.1, -0.05) is 34.1 Å². The molecule has 0 bridgehead atoms. The molecule has 70 valence electrons. The molecule has 1 fully saturated rings. The lowest BCUT2D eigenvalue weighted by Crippen LogP contribution is -2.03. The first-order valence-electron chi connectivity index (χ1n) is 4.62. The molecule has 1 aromatic carbocycles. The number of rotatable bonds is 2. The Hall–Kier alpha value is -0.340. The second kappa shape index (κ2) is 3.43. The zero-order valence-corrected chi connectivity index (χ0v) is 9.16. The SMILES string of the molecule is C[C@H](O)[C@H]1C[C@H]1c1ccccc1Br. The van der Waals surface area contributed by atoms with Gasteiger partial charge in [0, 0.05) is 4.47 Å². The molecule has 0 radical (unpaired) electrons. The molecule has 13 heavy (non-hydrogen) atoms. The molecule has 1 aliphatic carbocycles. The third-order valence-electron chi connectivity index (χ3n) is 2.76. The van der Waals surface area contributed by atoms with Gasteiger partial charge in [-0.2, -0.15) is 0 Å². The summed E-state index contributed by atoms with van der Waals surface area (Å²) < 4.78 is 1.17. The minimum atomic E-state index is -0.169. The van der Waals surface area contributed by atoms with Crippen LogP contribution in [0.15, 0.2) is 28.7 Å². The van der Waals surface area contributed by atoms with Gasteiger partial charge >= 0.3 is 0 Å². The highest BCUT2D eigenvalue weighted by molar-refractivity contribution is 9.10. The van der Waals surface area contributed by atoms with Crippen molar-refractivity contribution in [3.63, 3.8) is 0 Å². The molecular formula is C11H13BrO. The Kier molecular flexibility index (Phi) is 2.43. The van der Waals surface area contributed by atoms with Crippen LogP contribution in [0, 0.1) is 5.92 Å². The molecule has 1 saturated carbocycles. The number of aliphatic hydroxyl groups excluding tert-OH is 1. The molecule has 0 unspecified atom stereocenters. The van der Waals surface area contributed by atoms with Crippen LogP contribution in [0.5, 0.6) is 0 Å². The van der Waals surface area contributed by atoms with Crippen molar-refractivity contribution in [1.82, 2.24) is 0 Å². The molecule has 0 aliphatic heterocycles. The minimum Gasteiger partial charge on any atom is -0.393 e. The molecule has 1 aromatic rings. The zero-order valence-electron chi connectivity index (χ0n) is 7.57. The predicted octanol–water partition coefficient (Wildman–Crippen LogP) is 2.93. The largest absolute Gasteiger partial charge is 0.393 e. The van der Waals surface area contributed by atoms with Gasteiger partial charge in [0.25, 0.3) is 0 Å². The summed E-state index contributed by atoms with van der Waals surface area (Å²) in [6.07, 6.45) is 0.956. The summed E-state index contributed by atoms with van der Waals surface area (Å²) in [6, 6.07) is 8.27. The molecule has 0 heterocycles. The highest BCUT2D eigenvalue weighted by atomic mass is 79.9. The molecule has 1 N–H and O–H groups in total. The third-order valence-corrected chi connectivity index (χ3v) is 3.49. The van der Waals surface area contributed by atoms with E-state index in [1.807, 2.05) is 13.0 Å². The Morgan fingerprint density at radius 1 is 1.46 bits per heavy atom. The van der Waals surface area contributed by atoms with E-state index in [-0.39, 0.29) is 6.10 Å². The fourth-order valence-electron chi connectivity index (χ4n) is 1.88. The molecule has 1 nitrogen and oxygen atoms in total. The first-order chi connectivity index (χ1) is 6.20. The van der Waals surface area contributed by atoms with Crippen LogP contribution < -0.4 is 0 Å². The maximum atomic E-state index is 9.40. The van der Waals surface area contributed by atoms with Crippen LogP contribution in [0.1, 0.15) is 24.8 Å². The van der Waals surface area contributed by atoms with Crippen molar-refractivity contribution in [1.29, 1.82) is 0 Å². The van der Waals surface area contributed by atoms with Crippen molar-refractivity contribution in [2.75, 3.05) is 0 Å². The van der Waals surface area contributed by atoms with Crippen LogP contribution in [0.3, 0.4) is 0 Å². The van der Waals surface area contributed by atoms with Crippen molar-refractivity contribution >= 4 is 15.9 Å². The van der Waals surface area contributed by atoms with E-state index in [1.165, 1.54) is 10.0 Å². The van der Waals surface area contributed by atoms with Gasteiger partial charge in [-0.15, -0.1) is 0 Å². The van der Waals surface area contributed by atoms with Gasteiger partial charge in [-0.3, -0.25) is 0 Å². The van der Waals surface area contributed by atoms with Gasteiger partial charge < -0.3 is 5.11 Å². The highest BCUT2D eigenvalue weighted by Crippen LogP contribution is 2.51. The van der Waals surface area contributed by atoms with Gasteiger partial charge in [0.2, 0.25) is 0 Å². The molecule has 1 aliphatic rings. The van der Waals surface area contributed by atoms with Crippen molar-refractivity contribution in [3.05, 3.63) is 34.3 Å². The van der Waals surface area contributed by atoms with Crippen LogP contribution in [0.4, 0.5) is 0 Å². The van der Waals surface area contributed by atoms with E-state index in [9.17, 15) is 5.11 Å². The standard InChI is InChI=1S/C11H13BrO/c1-7(13)9-6-10(9)8-4-2-3-5-11(8)12/h2-5,7,9-10,13H,6H2,1H3/t7-,9+,10-/m0/s1. The van der Waals surface area contributed by atoms with Crippen LogP contribution in [-0.4, -0.2) is 11.2 Å². The summed E-state index contributed by atoms with van der Waals surface area (Å²) in [6.45, 7) is 1.88. The fourth-order valence-corrected chi connectivity index (χ4v) is 2.46. The van der Waals surface area contributed by atoms with E-state index in [0.717, 1.165) is 6.42 Å². The highest BCUT2D eigenvalue weighted by Gasteiger charge is 2.42. The number of hydrogen-bond donors (Lipinski definition) is 1. The van der Waals surface area contributed by atoms with Crippen LogP contribution >= 0.6 is 15.9 Å². The Morgan fingerprint density at radius 2 is 2.15 bits per heavy atom. The van der Waals surface area contributed by atoms with E-state index in [4.69, 9.17) is 0 Å². The van der Waals surface area contributed by atoms with Crippen molar-refractivity contribution in [3.8, 4) is 0 Å². The summed E-state index contributed by atoms with van der Waals surface area (Å²) >= 11 is 3.53. The lowest BCUT2D eigenvalue weighted by atomic mass is 10.1. The molecule has 0 aromatic heterocycles. The minimum absolute atomic E-state index is 0.169. The first-order valence-corrected chi connectivity index (χ1v) is 5.42. The average molecular weight is 241 g/mol. The second-order valence-electron chi connectivity index (χ2n) is 3.77. The molecule has 2 rings (SSSR count). The van der Waals surface area contributed by atoms with E-state index in [1.54, 1.807) is 0 Å². The Morgan fingerprint density at radius 3 is 2.69 bits per heavy atom. The Labute approximate surface area is 86.9 Å². The van der Waals surface area contributed by atoms with Gasteiger partial charge in [0.15, 0.2) is 0 Å². The Bertz CT molecular complexity index is 309. The normalized spacial score (nSPS) is 28.5. The topological polar surface area (TPSA) is 20.2 Å². The number of halogens is 1.